The second kappa shape index (κ2) is 9.41. The quantitative estimate of drug-likeness (QED) is 0.458. The number of nitrogen functional groups attached to an aromatic ring is 1. The summed E-state index contributed by atoms with van der Waals surface area (Å²) in [4.78, 5) is 30.9. The number of benzene rings is 2. The largest absolute Gasteiger partial charge is 0.397 e. The van der Waals surface area contributed by atoms with Gasteiger partial charge in [0.05, 0.1) is 21.9 Å². The number of carbonyl (C=O) groups is 2. The smallest absolute Gasteiger partial charge is 0.255 e. The van der Waals surface area contributed by atoms with Crippen molar-refractivity contribution < 1.29 is 9.59 Å². The van der Waals surface area contributed by atoms with Crippen molar-refractivity contribution in [3.63, 3.8) is 0 Å². The number of hydrogen-bond donors (Lipinski definition) is 2. The summed E-state index contributed by atoms with van der Waals surface area (Å²) in [5.41, 5.74) is 9.38. The van der Waals surface area contributed by atoms with Gasteiger partial charge < -0.3 is 16.0 Å². The molecule has 0 saturated heterocycles. The molecule has 3 N–H and O–H groups in total. The van der Waals surface area contributed by atoms with Crippen molar-refractivity contribution in [2.24, 2.45) is 0 Å². The average molecular weight is 437 g/mol. The number of amides is 1. The number of aryl methyl sites for hydroxylation is 1. The van der Waals surface area contributed by atoms with Crippen LogP contribution in [0.25, 0.3) is 0 Å². The number of rotatable bonds is 5. The maximum atomic E-state index is 12.5. The lowest BCUT2D eigenvalue weighted by atomic mass is 9.95. The first-order valence-corrected chi connectivity index (χ1v) is 10.9. The van der Waals surface area contributed by atoms with Crippen molar-refractivity contribution in [2.75, 3.05) is 32.2 Å². The molecule has 0 bridgehead atoms. The summed E-state index contributed by atoms with van der Waals surface area (Å²) in [7, 11) is 6.00. The molecule has 1 amide bonds. The van der Waals surface area contributed by atoms with Gasteiger partial charge in [0.2, 0.25) is 0 Å². The monoisotopic (exact) mass is 436 g/mol. The molecule has 0 atom stereocenters. The van der Waals surface area contributed by atoms with E-state index in [0.29, 0.717) is 21.8 Å². The first kappa shape index (κ1) is 22.7. The van der Waals surface area contributed by atoms with Crippen LogP contribution < -0.4 is 11.1 Å². The van der Waals surface area contributed by atoms with Crippen LogP contribution in [0.15, 0.2) is 48.5 Å². The van der Waals surface area contributed by atoms with Crippen molar-refractivity contribution in [3.8, 4) is 0 Å². The molecule has 4 rings (SSSR count). The Balaban J connectivity index is 0.000000628. The number of nitrogens with zero attached hydrogens (tertiary/aromatic N) is 2. The van der Waals surface area contributed by atoms with Gasteiger partial charge in [-0.1, -0.05) is 24.3 Å². The lowest BCUT2D eigenvalue weighted by Gasteiger charge is -2.13. The van der Waals surface area contributed by atoms with E-state index in [9.17, 15) is 9.59 Å². The molecule has 7 heteroatoms. The second-order valence-corrected chi connectivity index (χ2v) is 9.16. The molecule has 6 nitrogen and oxygen atoms in total. The molecule has 0 aliphatic heterocycles. The van der Waals surface area contributed by atoms with Gasteiger partial charge in [0.25, 0.3) is 5.91 Å². The molecule has 1 saturated carbocycles. The minimum Gasteiger partial charge on any atom is -0.397 e. The zero-order valence-electron chi connectivity index (χ0n) is 18.3. The van der Waals surface area contributed by atoms with Gasteiger partial charge in [-0.25, -0.2) is 4.98 Å². The summed E-state index contributed by atoms with van der Waals surface area (Å²) in [6, 6.07) is 14.8. The van der Waals surface area contributed by atoms with E-state index in [-0.39, 0.29) is 11.3 Å². The molecule has 0 unspecified atom stereocenters. The molecule has 1 aromatic heterocycles. The molecular formula is C24H28N4O2S. The zero-order valence-corrected chi connectivity index (χ0v) is 19.1. The maximum absolute atomic E-state index is 12.5. The van der Waals surface area contributed by atoms with E-state index >= 15 is 0 Å². The van der Waals surface area contributed by atoms with Gasteiger partial charge in [0.15, 0.2) is 6.29 Å². The fourth-order valence-corrected chi connectivity index (χ4v) is 4.37. The van der Waals surface area contributed by atoms with Gasteiger partial charge in [-0.2, -0.15) is 0 Å². The summed E-state index contributed by atoms with van der Waals surface area (Å²) >= 11 is 1.47. The predicted molar refractivity (Wildman–Crippen MR) is 127 cm³/mol. The highest BCUT2D eigenvalue weighted by molar-refractivity contribution is 7.13. The Bertz CT molecular complexity index is 1070. The summed E-state index contributed by atoms with van der Waals surface area (Å²) in [5, 5.41) is 3.82. The third kappa shape index (κ3) is 5.18. The topological polar surface area (TPSA) is 88.3 Å². The number of hydrogen-bond acceptors (Lipinski definition) is 6. The highest BCUT2D eigenvalue weighted by Gasteiger charge is 2.48. The van der Waals surface area contributed by atoms with Gasteiger partial charge >= 0.3 is 0 Å². The Kier molecular flexibility index (Phi) is 6.87. The number of thiazole rings is 1. The van der Waals surface area contributed by atoms with Crippen LogP contribution in [-0.4, -0.2) is 43.2 Å². The second-order valence-electron chi connectivity index (χ2n) is 8.13. The van der Waals surface area contributed by atoms with E-state index in [2.05, 4.69) is 10.3 Å². The van der Waals surface area contributed by atoms with E-state index < -0.39 is 0 Å². The minimum atomic E-state index is -0.197. The maximum Gasteiger partial charge on any atom is 0.255 e. The molecule has 0 radical (unpaired) electrons. The van der Waals surface area contributed by atoms with Crippen LogP contribution in [0.5, 0.6) is 0 Å². The van der Waals surface area contributed by atoms with Crippen LogP contribution >= 0.6 is 11.3 Å². The lowest BCUT2D eigenvalue weighted by Crippen LogP contribution is -2.14. The molecule has 1 heterocycles. The van der Waals surface area contributed by atoms with Gasteiger partial charge in [-0.3, -0.25) is 9.59 Å². The average Bonchev–Trinajstić information content (AvgIpc) is 3.46. The fourth-order valence-electron chi connectivity index (χ4n) is 3.22. The molecule has 31 heavy (non-hydrogen) atoms. The van der Waals surface area contributed by atoms with Crippen molar-refractivity contribution in [2.45, 2.75) is 25.2 Å². The number of carbonyl (C=O) groups excluding carboxylic acids is 2. The van der Waals surface area contributed by atoms with Crippen molar-refractivity contribution in [3.05, 3.63) is 75.2 Å². The van der Waals surface area contributed by atoms with Crippen LogP contribution in [0.2, 0.25) is 0 Å². The Morgan fingerprint density at radius 2 is 1.74 bits per heavy atom. The van der Waals surface area contributed by atoms with Gasteiger partial charge in [0, 0.05) is 11.0 Å². The summed E-state index contributed by atoms with van der Waals surface area (Å²) in [6.07, 6.45) is 2.88. The summed E-state index contributed by atoms with van der Waals surface area (Å²) in [6.45, 7) is 1.86. The Morgan fingerprint density at radius 3 is 2.26 bits per heavy atom. The molecular weight excluding hydrogens is 408 g/mol. The van der Waals surface area contributed by atoms with E-state index in [1.165, 1.54) is 11.3 Å². The number of nitrogens with one attached hydrogen (secondary N) is 1. The Morgan fingerprint density at radius 1 is 1.13 bits per heavy atom. The number of anilines is 2. The predicted octanol–water partition coefficient (Wildman–Crippen LogP) is 4.36. The lowest BCUT2D eigenvalue weighted by molar-refractivity contribution is 0.102. The number of nitrogens with two attached hydrogens (primary N) is 1. The Hall–Kier alpha value is -3.03. The van der Waals surface area contributed by atoms with Gasteiger partial charge in [-0.15, -0.1) is 11.3 Å². The molecule has 1 aliphatic rings. The van der Waals surface area contributed by atoms with Crippen LogP contribution in [0.1, 0.15) is 49.1 Å². The standard InChI is InChI=1S/C21H19N3O2S.C3H9N/c1-13-18(12-25)27-20(23-13)21(10-11-21)15-8-6-14(7-9-15)19(26)24-17-5-3-2-4-16(17)22;1-4(2)3/h2-9,12H,10-11,22H2,1H3,(H,24,26);1-3H3. The van der Waals surface area contributed by atoms with Gasteiger partial charge in [0.1, 0.15) is 5.01 Å². The van der Waals surface area contributed by atoms with Crippen molar-refractivity contribution in [1.82, 2.24) is 9.88 Å². The molecule has 2 aromatic carbocycles. The van der Waals surface area contributed by atoms with Crippen LogP contribution in [0, 0.1) is 6.92 Å². The summed E-state index contributed by atoms with van der Waals surface area (Å²) in [5.74, 6) is -0.197. The number of aromatic nitrogens is 1. The highest BCUT2D eigenvalue weighted by Crippen LogP contribution is 2.54. The van der Waals surface area contributed by atoms with Crippen LogP contribution in [-0.2, 0) is 5.41 Å². The third-order valence-corrected chi connectivity index (χ3v) is 6.29. The number of aldehydes is 1. The van der Waals surface area contributed by atoms with Crippen LogP contribution in [0.3, 0.4) is 0 Å². The highest BCUT2D eigenvalue weighted by atomic mass is 32.1. The summed E-state index contributed by atoms with van der Waals surface area (Å²) < 4.78 is 0. The first-order chi connectivity index (χ1) is 14.8. The molecule has 162 valence electrons. The van der Waals surface area contributed by atoms with Crippen molar-refractivity contribution >= 4 is 34.9 Å². The normalized spacial score (nSPS) is 13.8. The molecule has 1 aliphatic carbocycles. The minimum absolute atomic E-state index is 0.116. The molecule has 1 fully saturated rings. The van der Waals surface area contributed by atoms with Gasteiger partial charge in [-0.05, 0) is 70.7 Å². The Labute approximate surface area is 187 Å². The van der Waals surface area contributed by atoms with E-state index in [4.69, 9.17) is 5.73 Å². The van der Waals surface area contributed by atoms with Crippen LogP contribution in [0.4, 0.5) is 11.4 Å². The third-order valence-electron chi connectivity index (χ3n) is 5.01. The van der Waals surface area contributed by atoms with Crippen molar-refractivity contribution in [1.29, 1.82) is 0 Å². The molecule has 0 spiro atoms. The molecule has 3 aromatic rings. The zero-order chi connectivity index (χ0) is 22.6. The first-order valence-electron chi connectivity index (χ1n) is 10.1. The number of para-hydroxylation sites is 2. The van der Waals surface area contributed by atoms with E-state index in [0.717, 1.165) is 35.4 Å². The van der Waals surface area contributed by atoms with E-state index in [1.54, 1.807) is 12.1 Å². The fraction of sp³-hybridized carbons (Fsp3) is 0.292. The van der Waals surface area contributed by atoms with E-state index in [1.807, 2.05) is 69.4 Å². The SMILES string of the molecule is CN(C)C.Cc1nc(C2(c3ccc(C(=O)Nc4ccccc4N)cc3)CC2)sc1C=O.